The molecule has 3 heterocycles. The molecule has 2 N–H and O–H groups in total. The molecular formula is C11H13N3O. The van der Waals surface area contributed by atoms with Crippen molar-refractivity contribution in [2.75, 3.05) is 18.6 Å². The zero-order valence-electron chi connectivity index (χ0n) is 8.55. The molecule has 0 amide bonds. The first-order valence-corrected chi connectivity index (χ1v) is 5.04. The zero-order chi connectivity index (χ0) is 10.4. The van der Waals surface area contributed by atoms with Crippen LogP contribution in [-0.2, 0) is 0 Å². The lowest BCUT2D eigenvalue weighted by Crippen LogP contribution is -2.34. The minimum atomic E-state index is 0.226. The fourth-order valence-electron chi connectivity index (χ4n) is 2.22. The summed E-state index contributed by atoms with van der Waals surface area (Å²) in [6, 6.07) is 4.15. The van der Waals surface area contributed by atoms with E-state index in [9.17, 15) is 0 Å². The lowest BCUT2D eigenvalue weighted by molar-refractivity contribution is 0.398. The molecular weight excluding hydrogens is 190 g/mol. The molecule has 2 unspecified atom stereocenters. The van der Waals surface area contributed by atoms with Gasteiger partial charge in [0.1, 0.15) is 0 Å². The fourth-order valence-corrected chi connectivity index (χ4v) is 2.22. The predicted molar refractivity (Wildman–Crippen MR) is 57.7 cm³/mol. The van der Waals surface area contributed by atoms with Gasteiger partial charge < -0.3 is 15.4 Å². The second-order valence-electron chi connectivity index (χ2n) is 3.95. The SMILES string of the molecule is COc1cc(N2CC3C=C2C3N)ccn1. The second kappa shape index (κ2) is 2.97. The van der Waals surface area contributed by atoms with Gasteiger partial charge in [0.25, 0.3) is 0 Å². The summed E-state index contributed by atoms with van der Waals surface area (Å²) in [6.07, 6.45) is 3.99. The Kier molecular flexibility index (Phi) is 1.73. The molecule has 1 aromatic rings. The van der Waals surface area contributed by atoms with E-state index in [1.54, 1.807) is 13.3 Å². The van der Waals surface area contributed by atoms with Crippen LogP contribution in [0, 0.1) is 5.92 Å². The van der Waals surface area contributed by atoms with Crippen LogP contribution in [0.15, 0.2) is 30.1 Å². The largest absolute Gasteiger partial charge is 0.481 e. The first kappa shape index (κ1) is 8.73. The number of anilines is 1. The number of fused-ring (bicyclic) bond motifs is 1. The third-order valence-electron chi connectivity index (χ3n) is 3.13. The molecule has 2 atom stereocenters. The van der Waals surface area contributed by atoms with Crippen LogP contribution in [0.5, 0.6) is 5.88 Å². The Hall–Kier alpha value is -1.55. The normalized spacial score (nSPS) is 27.3. The number of rotatable bonds is 2. The van der Waals surface area contributed by atoms with Crippen LogP contribution in [-0.4, -0.2) is 24.7 Å². The standard InChI is InChI=1S/C11H13N3O/c1-15-10-5-8(2-3-13-10)14-6-7-4-9(14)11(7)12/h2-5,7,11H,6,12H2,1H3. The average Bonchev–Trinajstić information content (AvgIpc) is 2.86. The molecule has 1 saturated heterocycles. The van der Waals surface area contributed by atoms with Crippen molar-refractivity contribution in [3.8, 4) is 5.88 Å². The number of nitrogens with zero attached hydrogens (tertiary/aromatic N) is 2. The van der Waals surface area contributed by atoms with Gasteiger partial charge in [-0.25, -0.2) is 4.98 Å². The second-order valence-corrected chi connectivity index (χ2v) is 3.95. The van der Waals surface area contributed by atoms with Crippen molar-refractivity contribution in [1.82, 2.24) is 4.98 Å². The average molecular weight is 203 g/mol. The van der Waals surface area contributed by atoms with E-state index in [-0.39, 0.29) is 6.04 Å². The third kappa shape index (κ3) is 1.15. The lowest BCUT2D eigenvalue weighted by atomic mass is 9.92. The molecule has 2 aliphatic heterocycles. The van der Waals surface area contributed by atoms with Gasteiger partial charge in [-0.05, 0) is 6.07 Å². The summed E-state index contributed by atoms with van der Waals surface area (Å²) in [5.41, 5.74) is 8.31. The van der Waals surface area contributed by atoms with Crippen LogP contribution in [0.2, 0.25) is 0 Å². The van der Waals surface area contributed by atoms with Gasteiger partial charge in [-0.3, -0.25) is 0 Å². The number of aromatic nitrogens is 1. The van der Waals surface area contributed by atoms with Crippen molar-refractivity contribution in [2.24, 2.45) is 11.7 Å². The minimum absolute atomic E-state index is 0.226. The Morgan fingerprint density at radius 3 is 3.07 bits per heavy atom. The van der Waals surface area contributed by atoms with Crippen molar-refractivity contribution in [3.63, 3.8) is 0 Å². The molecule has 0 radical (unpaired) electrons. The van der Waals surface area contributed by atoms with Gasteiger partial charge in [-0.2, -0.15) is 0 Å². The molecule has 4 rings (SSSR count). The Morgan fingerprint density at radius 1 is 1.60 bits per heavy atom. The van der Waals surface area contributed by atoms with Crippen LogP contribution in [0.3, 0.4) is 0 Å². The molecule has 4 nitrogen and oxygen atoms in total. The van der Waals surface area contributed by atoms with Crippen molar-refractivity contribution in [2.45, 2.75) is 6.04 Å². The third-order valence-corrected chi connectivity index (χ3v) is 3.13. The van der Waals surface area contributed by atoms with E-state index in [0.29, 0.717) is 11.8 Å². The van der Waals surface area contributed by atoms with Gasteiger partial charge in [0, 0.05) is 36.1 Å². The van der Waals surface area contributed by atoms with E-state index in [1.165, 1.54) is 5.70 Å². The van der Waals surface area contributed by atoms with E-state index in [1.807, 2.05) is 12.1 Å². The Bertz CT molecular complexity index is 430. The maximum atomic E-state index is 5.97. The number of methoxy groups -OCH3 is 1. The highest BCUT2D eigenvalue weighted by atomic mass is 16.5. The van der Waals surface area contributed by atoms with Crippen molar-refractivity contribution in [3.05, 3.63) is 30.1 Å². The molecule has 0 saturated carbocycles. The fraction of sp³-hybridized carbons (Fsp3) is 0.364. The van der Waals surface area contributed by atoms with Gasteiger partial charge in [0.15, 0.2) is 0 Å². The predicted octanol–water partition coefficient (Wildman–Crippen LogP) is 0.751. The summed E-state index contributed by atoms with van der Waals surface area (Å²) in [4.78, 5) is 6.32. The summed E-state index contributed by atoms with van der Waals surface area (Å²) in [6.45, 7) is 0.990. The van der Waals surface area contributed by atoms with Crippen LogP contribution < -0.4 is 15.4 Å². The maximum absolute atomic E-state index is 5.97. The van der Waals surface area contributed by atoms with Gasteiger partial charge >= 0.3 is 0 Å². The van der Waals surface area contributed by atoms with E-state index >= 15 is 0 Å². The summed E-state index contributed by atoms with van der Waals surface area (Å²) in [5.74, 6) is 1.17. The van der Waals surface area contributed by atoms with E-state index in [2.05, 4.69) is 16.0 Å². The molecule has 4 heteroatoms. The highest BCUT2D eigenvalue weighted by Gasteiger charge is 2.42. The van der Waals surface area contributed by atoms with Crippen LogP contribution in [0.25, 0.3) is 0 Å². The van der Waals surface area contributed by atoms with Crippen molar-refractivity contribution in [1.29, 1.82) is 0 Å². The molecule has 1 aromatic heterocycles. The van der Waals surface area contributed by atoms with Crippen molar-refractivity contribution >= 4 is 5.69 Å². The van der Waals surface area contributed by atoms with E-state index < -0.39 is 0 Å². The summed E-state index contributed by atoms with van der Waals surface area (Å²) >= 11 is 0. The molecule has 0 spiro atoms. The molecule has 3 aliphatic rings. The van der Waals surface area contributed by atoms with Gasteiger partial charge in [0.05, 0.1) is 13.2 Å². The number of nitrogens with two attached hydrogens (primary N) is 1. The molecule has 1 fully saturated rings. The molecule has 0 aromatic carbocycles. The summed E-state index contributed by atoms with van der Waals surface area (Å²) < 4.78 is 5.10. The molecule has 1 aliphatic carbocycles. The van der Waals surface area contributed by atoms with Crippen LogP contribution >= 0.6 is 0 Å². The van der Waals surface area contributed by atoms with Crippen LogP contribution in [0.1, 0.15) is 0 Å². The molecule has 2 bridgehead atoms. The quantitative estimate of drug-likeness (QED) is 0.770. The Labute approximate surface area is 88.4 Å². The van der Waals surface area contributed by atoms with Crippen LogP contribution in [0.4, 0.5) is 5.69 Å². The summed E-state index contributed by atoms with van der Waals surface area (Å²) in [5, 5.41) is 0. The van der Waals surface area contributed by atoms with E-state index in [4.69, 9.17) is 10.5 Å². The molecule has 15 heavy (non-hydrogen) atoms. The number of hydrogen-bond acceptors (Lipinski definition) is 4. The summed E-state index contributed by atoms with van der Waals surface area (Å²) in [7, 11) is 1.63. The topological polar surface area (TPSA) is 51.4 Å². The Balaban J connectivity index is 1.91. The van der Waals surface area contributed by atoms with Gasteiger partial charge in [0.2, 0.25) is 5.88 Å². The molecule has 78 valence electrons. The first-order valence-electron chi connectivity index (χ1n) is 5.04. The monoisotopic (exact) mass is 203 g/mol. The smallest absolute Gasteiger partial charge is 0.214 e. The maximum Gasteiger partial charge on any atom is 0.214 e. The highest BCUT2D eigenvalue weighted by Crippen LogP contribution is 2.40. The van der Waals surface area contributed by atoms with Crippen molar-refractivity contribution < 1.29 is 4.74 Å². The lowest BCUT2D eigenvalue weighted by Gasteiger charge is -2.23. The van der Waals surface area contributed by atoms with Gasteiger partial charge in [-0.15, -0.1) is 0 Å². The Morgan fingerprint density at radius 2 is 2.47 bits per heavy atom. The minimum Gasteiger partial charge on any atom is -0.481 e. The highest BCUT2D eigenvalue weighted by molar-refractivity contribution is 5.61. The van der Waals surface area contributed by atoms with E-state index in [0.717, 1.165) is 12.2 Å². The number of hydrogen-bond donors (Lipinski definition) is 1. The first-order chi connectivity index (χ1) is 7.29. The number of pyridine rings is 1. The zero-order valence-corrected chi connectivity index (χ0v) is 8.55. The number of ether oxygens (including phenoxy) is 1. The van der Waals surface area contributed by atoms with Gasteiger partial charge in [-0.1, -0.05) is 6.08 Å².